The first-order chi connectivity index (χ1) is 20.9. The van der Waals surface area contributed by atoms with Gasteiger partial charge in [0.15, 0.2) is 0 Å². The van der Waals surface area contributed by atoms with E-state index in [1.165, 1.54) is 0 Å². The van der Waals surface area contributed by atoms with Gasteiger partial charge in [0.05, 0.1) is 31.4 Å². The molecule has 0 aliphatic carbocycles. The average molecular weight is 584 g/mol. The zero-order valence-corrected chi connectivity index (χ0v) is 24.7. The summed E-state index contributed by atoms with van der Waals surface area (Å²) in [5.41, 5.74) is 4.65. The molecule has 1 heterocycles. The first kappa shape index (κ1) is 30.2. The van der Waals surface area contributed by atoms with E-state index >= 15 is 0 Å². The number of esters is 1. The van der Waals surface area contributed by atoms with Gasteiger partial charge >= 0.3 is 12.1 Å². The highest BCUT2D eigenvalue weighted by Gasteiger charge is 2.35. The Bertz CT molecular complexity index is 1540. The third-order valence-electron chi connectivity index (χ3n) is 7.88. The second kappa shape index (κ2) is 14.3. The van der Waals surface area contributed by atoms with E-state index < -0.39 is 12.5 Å². The number of hydrogen-bond acceptors (Lipinski definition) is 5. The summed E-state index contributed by atoms with van der Waals surface area (Å²) in [6, 6.07) is 30.1. The lowest BCUT2D eigenvalue weighted by molar-refractivity contribution is -0.0462. The Hall–Kier alpha value is -4.23. The van der Waals surface area contributed by atoms with E-state index in [0.29, 0.717) is 44.7 Å². The molecule has 1 aliphatic heterocycles. The van der Waals surface area contributed by atoms with Crippen molar-refractivity contribution in [1.82, 2.24) is 4.90 Å². The molecule has 6 nitrogen and oxygen atoms in total. The fraction of sp³-hybridized carbons (Fsp3) is 0.333. The maximum Gasteiger partial charge on any atom is 0.412 e. The number of rotatable bonds is 10. The normalized spacial score (nSPS) is 17.4. The Morgan fingerprint density at radius 2 is 1.70 bits per heavy atom. The Labute approximate surface area is 252 Å². The minimum Gasteiger partial charge on any atom is -0.462 e. The van der Waals surface area contributed by atoms with Crippen LogP contribution >= 0.6 is 0 Å². The molecule has 7 heteroatoms. The van der Waals surface area contributed by atoms with Crippen LogP contribution in [-0.4, -0.2) is 49.1 Å². The topological polar surface area (TPSA) is 65.1 Å². The smallest absolute Gasteiger partial charge is 0.412 e. The molecule has 1 fully saturated rings. The minimum absolute atomic E-state index is 0.0140. The standard InChI is InChI=1S/C36H38FNO5/c1-3-8-34(37)43-36(40)38-20-19-32(33(23-38)42-24-25-13-14-26-9-5-6-10-29(26)21-25)31-12-7-11-30(22-31)27-15-17-28(18-16-27)35(39)41-4-2/h5-7,9-18,21-22,32-34H,3-4,8,19-20,23-24H2,1-2H3/t32-,33+,34?/m1/s1. The van der Waals surface area contributed by atoms with E-state index in [2.05, 4.69) is 42.5 Å². The minimum atomic E-state index is -1.61. The maximum atomic E-state index is 14.1. The van der Waals surface area contributed by atoms with Crippen molar-refractivity contribution in [3.8, 4) is 11.1 Å². The van der Waals surface area contributed by atoms with Crippen molar-refractivity contribution in [3.05, 3.63) is 108 Å². The molecule has 5 rings (SSSR count). The van der Waals surface area contributed by atoms with Crippen LogP contribution in [-0.2, 0) is 20.8 Å². The SMILES string of the molecule is CCCC(F)OC(=O)N1CC[C@H](c2cccc(-c3ccc(C(=O)OCC)cc3)c2)[C@@H](OCc2ccc3ccccc3c2)C1. The van der Waals surface area contributed by atoms with Gasteiger partial charge in [0.2, 0.25) is 6.36 Å². The van der Waals surface area contributed by atoms with E-state index in [9.17, 15) is 14.0 Å². The molecule has 43 heavy (non-hydrogen) atoms. The van der Waals surface area contributed by atoms with Gasteiger partial charge in [-0.05, 0) is 71.0 Å². The molecule has 0 radical (unpaired) electrons. The molecule has 3 atom stereocenters. The number of carbonyl (C=O) groups is 2. The number of halogens is 1. The van der Waals surface area contributed by atoms with Crippen molar-refractivity contribution < 1.29 is 28.2 Å². The summed E-state index contributed by atoms with van der Waals surface area (Å²) in [5, 5.41) is 2.30. The van der Waals surface area contributed by atoms with Gasteiger partial charge in [-0.1, -0.05) is 79.7 Å². The van der Waals surface area contributed by atoms with Gasteiger partial charge in [0.25, 0.3) is 0 Å². The number of amides is 1. The van der Waals surface area contributed by atoms with Gasteiger partial charge in [-0.3, -0.25) is 0 Å². The second-order valence-electron chi connectivity index (χ2n) is 10.9. The molecule has 224 valence electrons. The summed E-state index contributed by atoms with van der Waals surface area (Å²) in [4.78, 5) is 26.5. The van der Waals surface area contributed by atoms with Crippen LogP contribution in [0.15, 0.2) is 91.0 Å². The van der Waals surface area contributed by atoms with Gasteiger partial charge in [0, 0.05) is 18.9 Å². The monoisotopic (exact) mass is 583 g/mol. The van der Waals surface area contributed by atoms with Crippen LogP contribution in [0.4, 0.5) is 9.18 Å². The van der Waals surface area contributed by atoms with E-state index in [1.807, 2.05) is 43.3 Å². The third-order valence-corrected chi connectivity index (χ3v) is 7.88. The zero-order chi connectivity index (χ0) is 30.2. The second-order valence-corrected chi connectivity index (χ2v) is 10.9. The average Bonchev–Trinajstić information content (AvgIpc) is 3.04. The summed E-state index contributed by atoms with van der Waals surface area (Å²) in [7, 11) is 0. The van der Waals surface area contributed by atoms with Gasteiger partial charge in [-0.2, -0.15) is 0 Å². The highest BCUT2D eigenvalue weighted by Crippen LogP contribution is 2.34. The lowest BCUT2D eigenvalue weighted by Crippen LogP contribution is -2.47. The molecule has 0 bridgehead atoms. The van der Waals surface area contributed by atoms with E-state index in [0.717, 1.165) is 33.0 Å². The predicted molar refractivity (Wildman–Crippen MR) is 166 cm³/mol. The molecule has 1 amide bonds. The van der Waals surface area contributed by atoms with Crippen molar-refractivity contribution in [2.75, 3.05) is 19.7 Å². The third kappa shape index (κ3) is 7.59. The number of likely N-dealkylation sites (tertiary alicyclic amines) is 1. The van der Waals surface area contributed by atoms with Crippen molar-refractivity contribution in [2.24, 2.45) is 0 Å². The zero-order valence-electron chi connectivity index (χ0n) is 24.7. The summed E-state index contributed by atoms with van der Waals surface area (Å²) >= 11 is 0. The Kier molecular flexibility index (Phi) is 10.1. The molecule has 0 saturated carbocycles. The lowest BCUT2D eigenvalue weighted by atomic mass is 9.85. The number of carbonyl (C=O) groups excluding carboxylic acids is 2. The summed E-state index contributed by atoms with van der Waals surface area (Å²) in [6.45, 7) is 5.09. The van der Waals surface area contributed by atoms with Gasteiger partial charge in [0.1, 0.15) is 0 Å². The molecular formula is C36H38FNO5. The summed E-state index contributed by atoms with van der Waals surface area (Å²) in [5.74, 6) is -0.326. The molecule has 4 aromatic rings. The van der Waals surface area contributed by atoms with Crippen LogP contribution in [0.5, 0.6) is 0 Å². The number of hydrogen-bond donors (Lipinski definition) is 0. The fourth-order valence-electron chi connectivity index (χ4n) is 5.60. The quantitative estimate of drug-likeness (QED) is 0.176. The number of alkyl halides is 1. The van der Waals surface area contributed by atoms with Crippen LogP contribution in [0, 0.1) is 0 Å². The van der Waals surface area contributed by atoms with Crippen molar-refractivity contribution in [3.63, 3.8) is 0 Å². The molecule has 1 aliphatic rings. The van der Waals surface area contributed by atoms with Crippen LogP contribution in [0.1, 0.15) is 60.5 Å². The molecular weight excluding hydrogens is 545 g/mol. The van der Waals surface area contributed by atoms with Gasteiger partial charge in [-0.15, -0.1) is 0 Å². The predicted octanol–water partition coefficient (Wildman–Crippen LogP) is 8.29. The van der Waals surface area contributed by atoms with Crippen LogP contribution in [0.2, 0.25) is 0 Å². The van der Waals surface area contributed by atoms with Gasteiger partial charge in [-0.25, -0.2) is 14.0 Å². The molecule has 4 aromatic carbocycles. The van der Waals surface area contributed by atoms with Crippen LogP contribution in [0.3, 0.4) is 0 Å². The first-order valence-corrected chi connectivity index (χ1v) is 15.0. The maximum absolute atomic E-state index is 14.1. The number of ether oxygens (including phenoxy) is 3. The Morgan fingerprint density at radius 3 is 2.47 bits per heavy atom. The molecule has 0 spiro atoms. The van der Waals surface area contributed by atoms with E-state index in [-0.39, 0.29) is 24.4 Å². The lowest BCUT2D eigenvalue weighted by Gasteiger charge is -2.38. The Balaban J connectivity index is 1.36. The molecule has 1 saturated heterocycles. The van der Waals surface area contributed by atoms with E-state index in [4.69, 9.17) is 14.2 Å². The van der Waals surface area contributed by atoms with Crippen molar-refractivity contribution in [2.45, 2.75) is 58.1 Å². The number of nitrogens with zero attached hydrogens (tertiary/aromatic N) is 1. The first-order valence-electron chi connectivity index (χ1n) is 15.0. The Morgan fingerprint density at radius 1 is 0.907 bits per heavy atom. The van der Waals surface area contributed by atoms with Crippen molar-refractivity contribution >= 4 is 22.8 Å². The molecule has 0 aromatic heterocycles. The number of piperidine rings is 1. The highest BCUT2D eigenvalue weighted by molar-refractivity contribution is 5.90. The number of benzene rings is 4. The van der Waals surface area contributed by atoms with Crippen LogP contribution in [0.25, 0.3) is 21.9 Å². The number of fused-ring (bicyclic) bond motifs is 1. The largest absolute Gasteiger partial charge is 0.462 e. The van der Waals surface area contributed by atoms with Crippen molar-refractivity contribution in [1.29, 1.82) is 0 Å². The fourth-order valence-corrected chi connectivity index (χ4v) is 5.60. The summed E-state index contributed by atoms with van der Waals surface area (Å²) < 4.78 is 30.9. The molecule has 1 unspecified atom stereocenters. The van der Waals surface area contributed by atoms with E-state index in [1.54, 1.807) is 24.0 Å². The molecule has 0 N–H and O–H groups in total. The van der Waals surface area contributed by atoms with Gasteiger partial charge < -0.3 is 19.1 Å². The summed E-state index contributed by atoms with van der Waals surface area (Å²) in [6.07, 6.45) is -1.16. The highest BCUT2D eigenvalue weighted by atomic mass is 19.1. The van der Waals surface area contributed by atoms with Crippen LogP contribution < -0.4 is 0 Å².